The Bertz CT molecular complexity index is 731. The smallest absolute Gasteiger partial charge is 0.110 e. The van der Waals surface area contributed by atoms with Crippen LogP contribution in [0, 0.1) is 13.8 Å². The van der Waals surface area contributed by atoms with Crippen LogP contribution >= 0.6 is 15.9 Å². The summed E-state index contributed by atoms with van der Waals surface area (Å²) in [6.07, 6.45) is 3.79. The van der Waals surface area contributed by atoms with Crippen molar-refractivity contribution in [3.05, 3.63) is 52.7 Å². The third kappa shape index (κ3) is 1.82. The second-order valence-corrected chi connectivity index (χ2v) is 5.20. The van der Waals surface area contributed by atoms with Crippen molar-refractivity contribution >= 4 is 26.8 Å². The van der Waals surface area contributed by atoms with Gasteiger partial charge in [0, 0.05) is 27.9 Å². The Labute approximate surface area is 114 Å². The van der Waals surface area contributed by atoms with Crippen molar-refractivity contribution < 1.29 is 0 Å². The summed E-state index contributed by atoms with van der Waals surface area (Å²) in [5, 5.41) is 1.12. The molecule has 1 aromatic carbocycles. The Morgan fingerprint density at radius 1 is 1.17 bits per heavy atom. The molecule has 90 valence electrons. The van der Waals surface area contributed by atoms with Gasteiger partial charge < -0.3 is 4.57 Å². The van der Waals surface area contributed by atoms with E-state index in [0.717, 1.165) is 32.6 Å². The highest BCUT2D eigenvalue weighted by molar-refractivity contribution is 9.10. The molecule has 0 bridgehead atoms. The summed E-state index contributed by atoms with van der Waals surface area (Å²) < 4.78 is 3.14. The van der Waals surface area contributed by atoms with Gasteiger partial charge in [-0.2, -0.15) is 0 Å². The average molecular weight is 302 g/mol. The Hall–Kier alpha value is -1.68. The van der Waals surface area contributed by atoms with Crippen molar-refractivity contribution in [1.29, 1.82) is 0 Å². The van der Waals surface area contributed by atoms with Crippen molar-refractivity contribution in [2.75, 3.05) is 0 Å². The van der Waals surface area contributed by atoms with Gasteiger partial charge >= 0.3 is 0 Å². The zero-order valence-corrected chi connectivity index (χ0v) is 11.8. The molecule has 2 heterocycles. The monoisotopic (exact) mass is 301 g/mol. The van der Waals surface area contributed by atoms with Crippen molar-refractivity contribution in [3.8, 4) is 5.69 Å². The lowest BCUT2D eigenvalue weighted by Crippen LogP contribution is -1.99. The highest BCUT2D eigenvalue weighted by Gasteiger charge is 2.08. The fourth-order valence-corrected chi connectivity index (χ4v) is 2.50. The molecule has 0 atom stereocenters. The van der Waals surface area contributed by atoms with Gasteiger partial charge in [0.05, 0.1) is 11.2 Å². The summed E-state index contributed by atoms with van der Waals surface area (Å²) in [6, 6.07) is 8.22. The molecular formula is C14H12BrN3. The highest BCUT2D eigenvalue weighted by Crippen LogP contribution is 2.26. The number of halogens is 1. The molecule has 0 unspecified atom stereocenters. The number of fused-ring (bicyclic) bond motifs is 1. The normalized spacial score (nSPS) is 11.1. The molecule has 0 N–H and O–H groups in total. The number of rotatable bonds is 1. The first-order valence-corrected chi connectivity index (χ1v) is 6.52. The molecule has 0 aliphatic rings. The number of benzene rings is 1. The van der Waals surface area contributed by atoms with E-state index in [-0.39, 0.29) is 0 Å². The van der Waals surface area contributed by atoms with Gasteiger partial charge in [-0.1, -0.05) is 15.9 Å². The van der Waals surface area contributed by atoms with E-state index in [2.05, 4.69) is 42.6 Å². The molecule has 0 aliphatic heterocycles. The topological polar surface area (TPSA) is 30.7 Å². The molecule has 0 amide bonds. The lowest BCUT2D eigenvalue weighted by molar-refractivity contribution is 0.977. The van der Waals surface area contributed by atoms with Gasteiger partial charge in [-0.25, -0.2) is 4.98 Å². The van der Waals surface area contributed by atoms with Gasteiger partial charge in [0.25, 0.3) is 0 Å². The van der Waals surface area contributed by atoms with Gasteiger partial charge in [0.15, 0.2) is 0 Å². The zero-order chi connectivity index (χ0) is 12.7. The molecule has 0 aliphatic carbocycles. The number of hydrogen-bond acceptors (Lipinski definition) is 2. The van der Waals surface area contributed by atoms with Crippen LogP contribution in [0.4, 0.5) is 0 Å². The van der Waals surface area contributed by atoms with Crippen molar-refractivity contribution in [3.63, 3.8) is 0 Å². The van der Waals surface area contributed by atoms with Crippen molar-refractivity contribution in [2.45, 2.75) is 13.8 Å². The van der Waals surface area contributed by atoms with Crippen molar-refractivity contribution in [2.24, 2.45) is 0 Å². The first-order chi connectivity index (χ1) is 8.65. The van der Waals surface area contributed by atoms with E-state index in [0.29, 0.717) is 0 Å². The van der Waals surface area contributed by atoms with E-state index in [1.54, 1.807) is 0 Å². The Balaban J connectivity index is 2.40. The van der Waals surface area contributed by atoms with Crippen LogP contribution in [-0.2, 0) is 0 Å². The number of aromatic nitrogens is 3. The van der Waals surface area contributed by atoms with Crippen LogP contribution in [-0.4, -0.2) is 14.5 Å². The van der Waals surface area contributed by atoms with Crippen LogP contribution in [0.1, 0.15) is 11.5 Å². The Morgan fingerprint density at radius 3 is 2.72 bits per heavy atom. The fraction of sp³-hybridized carbons (Fsp3) is 0.143. The Morgan fingerprint density at radius 2 is 2.00 bits per heavy atom. The molecule has 18 heavy (non-hydrogen) atoms. The number of aryl methyl sites for hydroxylation is 2. The minimum Gasteiger partial charge on any atom is -0.303 e. The second kappa shape index (κ2) is 4.21. The van der Waals surface area contributed by atoms with E-state index in [1.807, 2.05) is 38.4 Å². The van der Waals surface area contributed by atoms with Gasteiger partial charge in [-0.15, -0.1) is 0 Å². The first kappa shape index (κ1) is 11.4. The van der Waals surface area contributed by atoms with E-state index >= 15 is 0 Å². The maximum atomic E-state index is 4.56. The summed E-state index contributed by atoms with van der Waals surface area (Å²) >= 11 is 3.51. The van der Waals surface area contributed by atoms with E-state index in [9.17, 15) is 0 Å². The molecule has 3 aromatic rings. The van der Waals surface area contributed by atoms with E-state index in [4.69, 9.17) is 0 Å². The number of imidazole rings is 1. The summed E-state index contributed by atoms with van der Waals surface area (Å²) in [5.41, 5.74) is 3.13. The highest BCUT2D eigenvalue weighted by atomic mass is 79.9. The SMILES string of the molecule is Cc1cc(-n2ccnc2C)c2cc(Br)ccc2n1. The maximum Gasteiger partial charge on any atom is 0.110 e. The van der Waals surface area contributed by atoms with E-state index < -0.39 is 0 Å². The molecule has 0 fully saturated rings. The number of pyridine rings is 1. The summed E-state index contributed by atoms with van der Waals surface area (Å²) in [4.78, 5) is 8.85. The largest absolute Gasteiger partial charge is 0.303 e. The van der Waals surface area contributed by atoms with Crippen molar-refractivity contribution in [1.82, 2.24) is 14.5 Å². The standard InChI is InChI=1S/C14H12BrN3/c1-9-7-14(18-6-5-16-10(18)2)12-8-11(15)3-4-13(12)17-9/h3-8H,1-2H3. The van der Waals surface area contributed by atoms with Crippen LogP contribution < -0.4 is 0 Å². The molecule has 3 rings (SSSR count). The summed E-state index contributed by atoms with van der Waals surface area (Å²) in [7, 11) is 0. The van der Waals surface area contributed by atoms with Gasteiger partial charge in [-0.05, 0) is 38.1 Å². The second-order valence-electron chi connectivity index (χ2n) is 4.29. The van der Waals surface area contributed by atoms with Crippen LogP contribution in [0.3, 0.4) is 0 Å². The molecular weight excluding hydrogens is 290 g/mol. The minimum absolute atomic E-state index is 0.974. The van der Waals surface area contributed by atoms with Crippen LogP contribution in [0.2, 0.25) is 0 Å². The predicted octanol–water partition coefficient (Wildman–Crippen LogP) is 3.80. The van der Waals surface area contributed by atoms with Crippen LogP contribution in [0.5, 0.6) is 0 Å². The van der Waals surface area contributed by atoms with Gasteiger partial charge in [-0.3, -0.25) is 4.98 Å². The number of hydrogen-bond donors (Lipinski definition) is 0. The molecule has 0 radical (unpaired) electrons. The first-order valence-electron chi connectivity index (χ1n) is 5.72. The molecule has 0 saturated carbocycles. The quantitative estimate of drug-likeness (QED) is 0.684. The van der Waals surface area contributed by atoms with Gasteiger partial charge in [0.2, 0.25) is 0 Å². The summed E-state index contributed by atoms with van der Waals surface area (Å²) in [5.74, 6) is 0.974. The summed E-state index contributed by atoms with van der Waals surface area (Å²) in [6.45, 7) is 4.01. The van der Waals surface area contributed by atoms with Crippen LogP contribution in [0.15, 0.2) is 41.1 Å². The Kier molecular flexibility index (Phi) is 2.67. The molecule has 2 aromatic heterocycles. The lowest BCUT2D eigenvalue weighted by Gasteiger charge is -2.10. The van der Waals surface area contributed by atoms with E-state index in [1.165, 1.54) is 0 Å². The molecule has 0 spiro atoms. The predicted molar refractivity (Wildman–Crippen MR) is 76.0 cm³/mol. The molecule has 0 saturated heterocycles. The molecule has 4 heteroatoms. The maximum absolute atomic E-state index is 4.56. The molecule has 3 nitrogen and oxygen atoms in total. The number of nitrogens with zero attached hydrogens (tertiary/aromatic N) is 3. The fourth-order valence-electron chi connectivity index (χ4n) is 2.14. The third-order valence-electron chi connectivity index (χ3n) is 2.96. The minimum atomic E-state index is 0.974. The average Bonchev–Trinajstić information content (AvgIpc) is 2.75. The van der Waals surface area contributed by atoms with Gasteiger partial charge in [0.1, 0.15) is 5.82 Å². The van der Waals surface area contributed by atoms with Crippen LogP contribution in [0.25, 0.3) is 16.6 Å². The lowest BCUT2D eigenvalue weighted by atomic mass is 10.1. The zero-order valence-electron chi connectivity index (χ0n) is 10.2. The third-order valence-corrected chi connectivity index (χ3v) is 3.46.